The van der Waals surface area contributed by atoms with Gasteiger partial charge in [0.2, 0.25) is 0 Å². The van der Waals surface area contributed by atoms with Gasteiger partial charge in [0.25, 0.3) is 0 Å². The van der Waals surface area contributed by atoms with E-state index in [1.165, 1.54) is 18.2 Å². The fourth-order valence-electron chi connectivity index (χ4n) is 1.99. The number of ether oxygens (including phenoxy) is 1. The lowest BCUT2D eigenvalue weighted by Gasteiger charge is -2.13. The predicted octanol–water partition coefficient (Wildman–Crippen LogP) is 3.57. The second-order valence-corrected chi connectivity index (χ2v) is 4.62. The quantitative estimate of drug-likeness (QED) is 0.902. The van der Waals surface area contributed by atoms with E-state index in [-0.39, 0.29) is 18.2 Å². The first-order chi connectivity index (χ1) is 9.61. The van der Waals surface area contributed by atoms with Crippen molar-refractivity contribution in [1.29, 1.82) is 0 Å². The summed E-state index contributed by atoms with van der Waals surface area (Å²) in [6.07, 6.45) is 0. The van der Waals surface area contributed by atoms with Gasteiger partial charge in [-0.1, -0.05) is 18.2 Å². The van der Waals surface area contributed by atoms with E-state index < -0.39 is 5.82 Å². The standard InChI is InChI=1S/C16H17F2NO/c1-11-6-7-14(17)8-13(11)10-20-16-12(9-19-2)4-3-5-15(16)18/h3-8,19H,9-10H2,1-2H3. The Kier molecular flexibility index (Phi) is 4.69. The van der Waals surface area contributed by atoms with Crippen LogP contribution in [-0.2, 0) is 13.2 Å². The first-order valence-corrected chi connectivity index (χ1v) is 6.41. The molecule has 0 atom stereocenters. The zero-order valence-electron chi connectivity index (χ0n) is 11.5. The number of hydrogen-bond donors (Lipinski definition) is 1. The monoisotopic (exact) mass is 277 g/mol. The van der Waals surface area contributed by atoms with Crippen molar-refractivity contribution < 1.29 is 13.5 Å². The average molecular weight is 277 g/mol. The minimum Gasteiger partial charge on any atom is -0.485 e. The first-order valence-electron chi connectivity index (χ1n) is 6.41. The number of nitrogens with one attached hydrogen (secondary N) is 1. The summed E-state index contributed by atoms with van der Waals surface area (Å²) in [5.74, 6) is -0.518. The summed E-state index contributed by atoms with van der Waals surface area (Å²) in [6, 6.07) is 9.29. The van der Waals surface area contributed by atoms with E-state index in [0.29, 0.717) is 12.1 Å². The third kappa shape index (κ3) is 3.33. The molecule has 2 aromatic rings. The maximum Gasteiger partial charge on any atom is 0.165 e. The second-order valence-electron chi connectivity index (χ2n) is 4.62. The highest BCUT2D eigenvalue weighted by Crippen LogP contribution is 2.24. The van der Waals surface area contributed by atoms with Crippen LogP contribution in [0.2, 0.25) is 0 Å². The van der Waals surface area contributed by atoms with E-state index in [9.17, 15) is 8.78 Å². The Bertz CT molecular complexity index is 599. The van der Waals surface area contributed by atoms with E-state index in [0.717, 1.165) is 11.1 Å². The van der Waals surface area contributed by atoms with Crippen LogP contribution in [0.25, 0.3) is 0 Å². The van der Waals surface area contributed by atoms with E-state index in [1.54, 1.807) is 25.2 Å². The molecule has 0 saturated heterocycles. The number of hydrogen-bond acceptors (Lipinski definition) is 2. The molecule has 0 aliphatic rings. The Hall–Kier alpha value is -1.94. The van der Waals surface area contributed by atoms with Crippen molar-refractivity contribution >= 4 is 0 Å². The van der Waals surface area contributed by atoms with Crippen LogP contribution in [0.5, 0.6) is 5.75 Å². The van der Waals surface area contributed by atoms with Gasteiger partial charge < -0.3 is 10.1 Å². The minimum atomic E-state index is -0.410. The molecule has 0 fully saturated rings. The second kappa shape index (κ2) is 6.48. The van der Waals surface area contributed by atoms with Gasteiger partial charge in [0.1, 0.15) is 12.4 Å². The number of halogens is 2. The average Bonchev–Trinajstić information content (AvgIpc) is 2.42. The first kappa shape index (κ1) is 14.5. The van der Waals surface area contributed by atoms with Gasteiger partial charge in [-0.25, -0.2) is 8.78 Å². The molecular weight excluding hydrogens is 260 g/mol. The lowest BCUT2D eigenvalue weighted by atomic mass is 10.1. The molecule has 0 unspecified atom stereocenters. The SMILES string of the molecule is CNCc1cccc(F)c1OCc1cc(F)ccc1C. The van der Waals surface area contributed by atoms with Gasteiger partial charge in [-0.05, 0) is 43.3 Å². The fraction of sp³-hybridized carbons (Fsp3) is 0.250. The van der Waals surface area contributed by atoms with Gasteiger partial charge in [-0.3, -0.25) is 0 Å². The molecule has 20 heavy (non-hydrogen) atoms. The van der Waals surface area contributed by atoms with Crippen LogP contribution in [0.1, 0.15) is 16.7 Å². The molecule has 2 nitrogen and oxygen atoms in total. The molecule has 0 amide bonds. The molecule has 0 aromatic heterocycles. The molecule has 1 N–H and O–H groups in total. The van der Waals surface area contributed by atoms with Crippen LogP contribution >= 0.6 is 0 Å². The lowest BCUT2D eigenvalue weighted by molar-refractivity contribution is 0.285. The van der Waals surface area contributed by atoms with Gasteiger partial charge in [0.05, 0.1) is 0 Å². The zero-order valence-corrected chi connectivity index (χ0v) is 11.5. The molecule has 0 saturated carbocycles. The molecule has 0 aliphatic heterocycles. The Balaban J connectivity index is 2.20. The highest BCUT2D eigenvalue weighted by atomic mass is 19.1. The topological polar surface area (TPSA) is 21.3 Å². The van der Waals surface area contributed by atoms with E-state index >= 15 is 0 Å². The van der Waals surface area contributed by atoms with Crippen molar-refractivity contribution in [3.05, 3.63) is 64.7 Å². The van der Waals surface area contributed by atoms with Gasteiger partial charge in [-0.2, -0.15) is 0 Å². The molecule has 0 heterocycles. The third-order valence-corrected chi connectivity index (χ3v) is 3.10. The minimum absolute atomic E-state index is 0.140. The number of aryl methyl sites for hydroxylation is 1. The third-order valence-electron chi connectivity index (χ3n) is 3.10. The van der Waals surface area contributed by atoms with Crippen molar-refractivity contribution in [1.82, 2.24) is 5.32 Å². The summed E-state index contributed by atoms with van der Waals surface area (Å²) in [6.45, 7) is 2.52. The molecule has 0 radical (unpaired) electrons. The summed E-state index contributed by atoms with van der Waals surface area (Å²) in [5.41, 5.74) is 2.36. The predicted molar refractivity (Wildman–Crippen MR) is 74.6 cm³/mol. The van der Waals surface area contributed by atoms with Crippen molar-refractivity contribution in [2.24, 2.45) is 0 Å². The van der Waals surface area contributed by atoms with Crippen LogP contribution in [0.15, 0.2) is 36.4 Å². The highest BCUT2D eigenvalue weighted by molar-refractivity contribution is 5.35. The van der Waals surface area contributed by atoms with E-state index in [1.807, 2.05) is 6.92 Å². The number of rotatable bonds is 5. The Morgan fingerprint density at radius 2 is 1.90 bits per heavy atom. The van der Waals surface area contributed by atoms with Gasteiger partial charge in [0, 0.05) is 12.1 Å². The molecule has 0 bridgehead atoms. The maximum absolute atomic E-state index is 13.8. The summed E-state index contributed by atoms with van der Waals surface area (Å²) in [4.78, 5) is 0. The molecule has 106 valence electrons. The molecule has 0 spiro atoms. The van der Waals surface area contributed by atoms with Gasteiger partial charge in [-0.15, -0.1) is 0 Å². The smallest absolute Gasteiger partial charge is 0.165 e. The summed E-state index contributed by atoms with van der Waals surface area (Å²) >= 11 is 0. The van der Waals surface area contributed by atoms with E-state index in [4.69, 9.17) is 4.74 Å². The summed E-state index contributed by atoms with van der Waals surface area (Å²) in [7, 11) is 1.78. The van der Waals surface area contributed by atoms with Crippen LogP contribution < -0.4 is 10.1 Å². The van der Waals surface area contributed by atoms with Crippen molar-refractivity contribution in [2.75, 3.05) is 7.05 Å². The van der Waals surface area contributed by atoms with Crippen molar-refractivity contribution in [2.45, 2.75) is 20.1 Å². The van der Waals surface area contributed by atoms with Gasteiger partial charge >= 0.3 is 0 Å². The van der Waals surface area contributed by atoms with E-state index in [2.05, 4.69) is 5.32 Å². The summed E-state index contributed by atoms with van der Waals surface area (Å²) < 4.78 is 32.6. The van der Waals surface area contributed by atoms with Crippen LogP contribution in [-0.4, -0.2) is 7.05 Å². The Labute approximate surface area is 117 Å². The van der Waals surface area contributed by atoms with Crippen molar-refractivity contribution in [3.8, 4) is 5.75 Å². The molecular formula is C16H17F2NO. The Morgan fingerprint density at radius 3 is 2.65 bits per heavy atom. The molecule has 0 aliphatic carbocycles. The fourth-order valence-corrected chi connectivity index (χ4v) is 1.99. The maximum atomic E-state index is 13.8. The normalized spacial score (nSPS) is 10.6. The Morgan fingerprint density at radius 1 is 1.10 bits per heavy atom. The molecule has 2 aromatic carbocycles. The van der Waals surface area contributed by atoms with Crippen LogP contribution in [0, 0.1) is 18.6 Å². The van der Waals surface area contributed by atoms with Crippen LogP contribution in [0.4, 0.5) is 8.78 Å². The van der Waals surface area contributed by atoms with Crippen LogP contribution in [0.3, 0.4) is 0 Å². The largest absolute Gasteiger partial charge is 0.485 e. The number of benzene rings is 2. The number of para-hydroxylation sites is 1. The molecule has 2 rings (SSSR count). The highest BCUT2D eigenvalue weighted by Gasteiger charge is 2.10. The zero-order chi connectivity index (χ0) is 14.5. The van der Waals surface area contributed by atoms with Gasteiger partial charge in [0.15, 0.2) is 11.6 Å². The summed E-state index contributed by atoms with van der Waals surface area (Å²) in [5, 5.41) is 2.96. The van der Waals surface area contributed by atoms with Crippen molar-refractivity contribution in [3.63, 3.8) is 0 Å². The lowest BCUT2D eigenvalue weighted by Crippen LogP contribution is -2.09. The molecule has 4 heteroatoms.